The average Bonchev–Trinajstić information content (AvgIpc) is 2.56. The summed E-state index contributed by atoms with van der Waals surface area (Å²) >= 11 is 4.42. The fourth-order valence-corrected chi connectivity index (χ4v) is 7.39. The molecular weight excluding hydrogens is 294 g/mol. The van der Waals surface area contributed by atoms with E-state index in [-0.39, 0.29) is 5.41 Å². The summed E-state index contributed by atoms with van der Waals surface area (Å²) in [6.07, 6.45) is 11.2. The molecule has 0 bridgehead atoms. The number of nitriles is 1. The molecule has 2 aliphatic rings. The largest absolute Gasteiger partial charge is 0.198 e. The highest BCUT2D eigenvalue weighted by atomic mass is 32.2. The van der Waals surface area contributed by atoms with Crippen LogP contribution in [0.1, 0.15) is 71.6 Å². The van der Waals surface area contributed by atoms with Crippen molar-refractivity contribution >= 4 is 23.5 Å². The Hall–Kier alpha value is 0.190. The summed E-state index contributed by atoms with van der Waals surface area (Å²) in [5.41, 5.74) is 0.0294. The maximum absolute atomic E-state index is 9.64. The van der Waals surface area contributed by atoms with Crippen molar-refractivity contribution in [3.8, 4) is 6.07 Å². The molecule has 0 atom stereocenters. The second-order valence-electron chi connectivity index (χ2n) is 7.00. The van der Waals surface area contributed by atoms with Gasteiger partial charge < -0.3 is 0 Å². The molecule has 0 spiro atoms. The maximum Gasteiger partial charge on any atom is 0.0689 e. The Morgan fingerprint density at radius 2 is 1.76 bits per heavy atom. The summed E-state index contributed by atoms with van der Waals surface area (Å²) in [4.78, 5) is 0. The van der Waals surface area contributed by atoms with Gasteiger partial charge in [0.25, 0.3) is 0 Å². The van der Waals surface area contributed by atoms with E-state index in [4.69, 9.17) is 0 Å². The molecule has 21 heavy (non-hydrogen) atoms. The van der Waals surface area contributed by atoms with Gasteiger partial charge in [0.05, 0.1) is 16.1 Å². The van der Waals surface area contributed by atoms with Crippen LogP contribution in [0.15, 0.2) is 0 Å². The molecule has 0 aromatic carbocycles. The van der Waals surface area contributed by atoms with Crippen LogP contribution in [0.3, 0.4) is 0 Å². The third-order valence-corrected chi connectivity index (χ3v) is 9.01. The van der Waals surface area contributed by atoms with Crippen molar-refractivity contribution in [2.75, 3.05) is 11.5 Å². The highest BCUT2D eigenvalue weighted by Gasteiger charge is 2.38. The Morgan fingerprint density at radius 1 is 1.10 bits per heavy atom. The fourth-order valence-electron chi connectivity index (χ4n) is 3.66. The van der Waals surface area contributed by atoms with Crippen molar-refractivity contribution in [1.82, 2.24) is 0 Å². The second-order valence-corrected chi connectivity index (χ2v) is 9.64. The summed E-state index contributed by atoms with van der Waals surface area (Å²) in [5.74, 6) is 4.53. The van der Waals surface area contributed by atoms with Crippen LogP contribution in [0, 0.1) is 28.6 Å². The summed E-state index contributed by atoms with van der Waals surface area (Å²) in [6.45, 7) is 4.57. The van der Waals surface area contributed by atoms with E-state index in [1.165, 1.54) is 50.0 Å². The Balaban J connectivity index is 1.78. The molecule has 120 valence electrons. The molecule has 0 N–H and O–H groups in total. The molecule has 0 radical (unpaired) electrons. The zero-order valence-electron chi connectivity index (χ0n) is 13.8. The molecule has 0 unspecified atom stereocenters. The Morgan fingerprint density at radius 3 is 2.29 bits per heavy atom. The van der Waals surface area contributed by atoms with Gasteiger partial charge in [-0.3, -0.25) is 0 Å². The van der Waals surface area contributed by atoms with Crippen LogP contribution in [0.4, 0.5) is 0 Å². The van der Waals surface area contributed by atoms with Gasteiger partial charge in [-0.1, -0.05) is 39.5 Å². The minimum Gasteiger partial charge on any atom is -0.198 e. The van der Waals surface area contributed by atoms with Crippen molar-refractivity contribution in [3.63, 3.8) is 0 Å². The van der Waals surface area contributed by atoms with Gasteiger partial charge >= 0.3 is 0 Å². The molecule has 3 heteroatoms. The van der Waals surface area contributed by atoms with Gasteiger partial charge in [0.2, 0.25) is 0 Å². The van der Waals surface area contributed by atoms with Gasteiger partial charge in [-0.15, -0.1) is 23.5 Å². The van der Waals surface area contributed by atoms with Gasteiger partial charge in [0.15, 0.2) is 0 Å². The van der Waals surface area contributed by atoms with E-state index in [0.717, 1.165) is 35.7 Å². The van der Waals surface area contributed by atoms with E-state index >= 15 is 0 Å². The second kappa shape index (κ2) is 8.73. The zero-order chi connectivity index (χ0) is 15.1. The molecule has 1 saturated carbocycles. The lowest BCUT2D eigenvalue weighted by Crippen LogP contribution is -2.31. The topological polar surface area (TPSA) is 23.8 Å². The summed E-state index contributed by atoms with van der Waals surface area (Å²) in [7, 11) is 0. The van der Waals surface area contributed by atoms with Crippen molar-refractivity contribution in [3.05, 3.63) is 0 Å². The van der Waals surface area contributed by atoms with Crippen LogP contribution in [-0.2, 0) is 0 Å². The van der Waals surface area contributed by atoms with Crippen molar-refractivity contribution in [2.24, 2.45) is 17.3 Å². The van der Waals surface area contributed by atoms with E-state index in [1.807, 2.05) is 0 Å². The minimum absolute atomic E-state index is 0.0294. The first-order valence-electron chi connectivity index (χ1n) is 8.87. The van der Waals surface area contributed by atoms with E-state index in [1.54, 1.807) is 0 Å². The van der Waals surface area contributed by atoms with Gasteiger partial charge in [-0.25, -0.2) is 0 Å². The van der Waals surface area contributed by atoms with Crippen LogP contribution < -0.4 is 0 Å². The van der Waals surface area contributed by atoms with Crippen LogP contribution in [0.5, 0.6) is 0 Å². The summed E-state index contributed by atoms with van der Waals surface area (Å²) in [5, 5.41) is 9.64. The van der Waals surface area contributed by atoms with Crippen LogP contribution in [0.25, 0.3) is 0 Å². The molecule has 0 aromatic rings. The predicted octanol–water partition coefficient (Wildman–Crippen LogP) is 6.10. The van der Waals surface area contributed by atoms with E-state index in [9.17, 15) is 5.26 Å². The number of rotatable bonds is 6. The van der Waals surface area contributed by atoms with Crippen LogP contribution in [-0.4, -0.2) is 16.1 Å². The number of unbranched alkanes of at least 4 members (excludes halogenated alkanes) is 2. The standard InChI is InChI=1S/C18H31NS2/c1-3-5-6-9-18(14-19)10-7-16(8-11-18)17-20-12-15(4-2)13-21-17/h15-17H,3-13H2,1-2H3. The predicted molar refractivity (Wildman–Crippen MR) is 96.6 cm³/mol. The quantitative estimate of drug-likeness (QED) is 0.551. The average molecular weight is 326 g/mol. The van der Waals surface area contributed by atoms with Gasteiger partial charge in [-0.05, 0) is 55.4 Å². The lowest BCUT2D eigenvalue weighted by Gasteiger charge is -2.40. The number of hydrogen-bond acceptors (Lipinski definition) is 3. The molecule has 1 heterocycles. The first-order chi connectivity index (χ1) is 10.2. The van der Waals surface area contributed by atoms with Gasteiger partial charge in [-0.2, -0.15) is 5.26 Å². The monoisotopic (exact) mass is 325 g/mol. The number of hydrogen-bond donors (Lipinski definition) is 0. The lowest BCUT2D eigenvalue weighted by molar-refractivity contribution is 0.200. The molecule has 1 nitrogen and oxygen atoms in total. The maximum atomic E-state index is 9.64. The Kier molecular flexibility index (Phi) is 7.29. The van der Waals surface area contributed by atoms with E-state index < -0.39 is 0 Å². The molecule has 0 aromatic heterocycles. The number of nitrogens with zero attached hydrogens (tertiary/aromatic N) is 1. The fraction of sp³-hybridized carbons (Fsp3) is 0.944. The Labute approximate surface area is 140 Å². The third-order valence-electron chi connectivity index (χ3n) is 5.44. The first kappa shape index (κ1) is 17.5. The molecule has 2 fully saturated rings. The van der Waals surface area contributed by atoms with Gasteiger partial charge in [0, 0.05) is 0 Å². The van der Waals surface area contributed by atoms with Crippen LogP contribution >= 0.6 is 23.5 Å². The minimum atomic E-state index is 0.0294. The SMILES string of the molecule is CCCCCC1(C#N)CCC(C2SCC(CC)CS2)CC1. The van der Waals surface area contributed by atoms with Crippen molar-refractivity contribution in [2.45, 2.75) is 76.2 Å². The molecular formula is C18H31NS2. The highest BCUT2D eigenvalue weighted by molar-refractivity contribution is 8.17. The smallest absolute Gasteiger partial charge is 0.0689 e. The lowest BCUT2D eigenvalue weighted by atomic mass is 9.69. The van der Waals surface area contributed by atoms with Crippen molar-refractivity contribution < 1.29 is 0 Å². The number of thioether (sulfide) groups is 2. The Bertz CT molecular complexity index is 334. The van der Waals surface area contributed by atoms with E-state index in [2.05, 4.69) is 43.4 Å². The molecule has 1 aliphatic heterocycles. The molecule has 0 amide bonds. The zero-order valence-corrected chi connectivity index (χ0v) is 15.4. The summed E-state index contributed by atoms with van der Waals surface area (Å²) < 4.78 is 0.820. The van der Waals surface area contributed by atoms with E-state index in [0.29, 0.717) is 0 Å². The van der Waals surface area contributed by atoms with Crippen molar-refractivity contribution in [1.29, 1.82) is 5.26 Å². The highest BCUT2D eigenvalue weighted by Crippen LogP contribution is 2.49. The molecule has 2 rings (SSSR count). The summed E-state index contributed by atoms with van der Waals surface area (Å²) in [6, 6.07) is 2.70. The first-order valence-corrected chi connectivity index (χ1v) is 11.0. The van der Waals surface area contributed by atoms with Gasteiger partial charge in [0.1, 0.15) is 0 Å². The van der Waals surface area contributed by atoms with Crippen LogP contribution in [0.2, 0.25) is 0 Å². The molecule has 1 aliphatic carbocycles. The molecule has 1 saturated heterocycles. The normalized spacial score (nSPS) is 37.1. The third kappa shape index (κ3) is 4.83.